The van der Waals surface area contributed by atoms with Gasteiger partial charge in [0.2, 0.25) is 10.0 Å². The van der Waals surface area contributed by atoms with Crippen LogP contribution >= 0.6 is 0 Å². The molecule has 0 aromatic heterocycles. The first-order valence-electron chi connectivity index (χ1n) is 7.08. The topological polar surface area (TPSA) is 81.4 Å². The van der Waals surface area contributed by atoms with Crippen molar-refractivity contribution in [1.29, 1.82) is 5.26 Å². The van der Waals surface area contributed by atoms with Gasteiger partial charge in [0, 0.05) is 12.6 Å². The number of aliphatic hydroxyl groups is 1. The van der Waals surface area contributed by atoms with Crippen molar-refractivity contribution in [2.24, 2.45) is 0 Å². The van der Waals surface area contributed by atoms with Crippen molar-refractivity contribution in [3.05, 3.63) is 35.4 Å². The Morgan fingerprint density at radius 2 is 1.90 bits per heavy atom. The van der Waals surface area contributed by atoms with Gasteiger partial charge in [-0.3, -0.25) is 0 Å². The largest absolute Gasteiger partial charge is 0.395 e. The number of aliphatic hydroxyl groups excluding tert-OH is 1. The maximum absolute atomic E-state index is 12.6. The van der Waals surface area contributed by atoms with Crippen LogP contribution in [-0.4, -0.2) is 37.0 Å². The summed E-state index contributed by atoms with van der Waals surface area (Å²) in [5.41, 5.74) is 0.864. The van der Waals surface area contributed by atoms with Crippen LogP contribution in [0.5, 0.6) is 0 Å². The minimum absolute atomic E-state index is 0.0867. The van der Waals surface area contributed by atoms with E-state index >= 15 is 0 Å². The summed E-state index contributed by atoms with van der Waals surface area (Å²) < 4.78 is 26.6. The minimum atomic E-state index is -3.57. The third-order valence-electron chi connectivity index (χ3n) is 3.50. The van der Waals surface area contributed by atoms with Gasteiger partial charge in [-0.05, 0) is 24.5 Å². The van der Waals surface area contributed by atoms with Crippen LogP contribution in [0.4, 0.5) is 0 Å². The molecule has 0 unspecified atom stereocenters. The Hall–Kier alpha value is -1.42. The zero-order chi connectivity index (χ0) is 15.9. The monoisotopic (exact) mass is 310 g/mol. The van der Waals surface area contributed by atoms with E-state index in [-0.39, 0.29) is 24.9 Å². The highest BCUT2D eigenvalue weighted by Gasteiger charge is 2.28. The van der Waals surface area contributed by atoms with Gasteiger partial charge in [0.15, 0.2) is 0 Å². The van der Waals surface area contributed by atoms with E-state index < -0.39 is 10.0 Å². The molecule has 0 fully saturated rings. The molecule has 5 nitrogen and oxygen atoms in total. The number of nitriles is 1. The lowest BCUT2D eigenvalue weighted by molar-refractivity contribution is 0.219. The normalized spacial score (nSPS) is 11.8. The van der Waals surface area contributed by atoms with Gasteiger partial charge in [0.25, 0.3) is 0 Å². The van der Waals surface area contributed by atoms with Gasteiger partial charge >= 0.3 is 0 Å². The quantitative estimate of drug-likeness (QED) is 0.794. The smallest absolute Gasteiger partial charge is 0.218 e. The van der Waals surface area contributed by atoms with Crippen molar-refractivity contribution in [3.63, 3.8) is 0 Å². The number of nitrogens with zero attached hydrogens (tertiary/aromatic N) is 2. The molecule has 116 valence electrons. The molecule has 0 spiro atoms. The molecule has 1 aromatic carbocycles. The van der Waals surface area contributed by atoms with E-state index in [0.717, 1.165) is 0 Å². The van der Waals surface area contributed by atoms with E-state index in [9.17, 15) is 8.42 Å². The highest BCUT2D eigenvalue weighted by atomic mass is 32.2. The van der Waals surface area contributed by atoms with Gasteiger partial charge < -0.3 is 5.11 Å². The predicted molar refractivity (Wildman–Crippen MR) is 81.9 cm³/mol. The fraction of sp³-hybridized carbons (Fsp3) is 0.533. The van der Waals surface area contributed by atoms with Gasteiger partial charge in [0.1, 0.15) is 0 Å². The molecule has 1 rings (SSSR count). The Morgan fingerprint density at radius 3 is 2.43 bits per heavy atom. The van der Waals surface area contributed by atoms with Crippen LogP contribution in [-0.2, 0) is 15.8 Å². The van der Waals surface area contributed by atoms with Gasteiger partial charge in [-0.2, -0.15) is 9.57 Å². The zero-order valence-corrected chi connectivity index (χ0v) is 13.3. The molecular formula is C15H22N2O3S. The average molecular weight is 310 g/mol. The van der Waals surface area contributed by atoms with Gasteiger partial charge in [0.05, 0.1) is 24.0 Å². The maximum atomic E-state index is 12.6. The van der Waals surface area contributed by atoms with Crippen LogP contribution < -0.4 is 0 Å². The highest BCUT2D eigenvalue weighted by Crippen LogP contribution is 2.19. The van der Waals surface area contributed by atoms with Gasteiger partial charge in [-0.25, -0.2) is 8.42 Å². The van der Waals surface area contributed by atoms with Crippen molar-refractivity contribution in [3.8, 4) is 6.07 Å². The molecule has 0 aliphatic heterocycles. The molecule has 6 heteroatoms. The molecule has 0 radical (unpaired) electrons. The number of hydrogen-bond donors (Lipinski definition) is 1. The molecule has 0 bridgehead atoms. The van der Waals surface area contributed by atoms with Crippen molar-refractivity contribution in [1.82, 2.24) is 4.31 Å². The maximum Gasteiger partial charge on any atom is 0.218 e. The van der Waals surface area contributed by atoms with Crippen molar-refractivity contribution in [2.45, 2.75) is 38.5 Å². The number of benzene rings is 1. The van der Waals surface area contributed by atoms with Crippen LogP contribution in [0, 0.1) is 11.3 Å². The van der Waals surface area contributed by atoms with E-state index in [1.165, 1.54) is 4.31 Å². The fourth-order valence-corrected chi connectivity index (χ4v) is 4.30. The van der Waals surface area contributed by atoms with Crippen LogP contribution in [0.3, 0.4) is 0 Å². The second kappa shape index (κ2) is 8.13. The summed E-state index contributed by atoms with van der Waals surface area (Å²) in [6.07, 6.45) is 1.38. The molecule has 0 atom stereocenters. The molecule has 21 heavy (non-hydrogen) atoms. The Balaban J connectivity index is 3.10. The first-order valence-corrected chi connectivity index (χ1v) is 8.69. The zero-order valence-electron chi connectivity index (χ0n) is 12.5. The molecule has 0 aliphatic carbocycles. The third-order valence-corrected chi connectivity index (χ3v) is 5.37. The summed E-state index contributed by atoms with van der Waals surface area (Å²) in [6.45, 7) is 3.73. The number of hydrogen-bond acceptors (Lipinski definition) is 4. The lowest BCUT2D eigenvalue weighted by Crippen LogP contribution is -2.42. The summed E-state index contributed by atoms with van der Waals surface area (Å²) >= 11 is 0. The van der Waals surface area contributed by atoms with Gasteiger partial charge in [-0.15, -0.1) is 0 Å². The summed E-state index contributed by atoms with van der Waals surface area (Å²) in [7, 11) is -3.57. The molecule has 0 saturated heterocycles. The molecule has 1 aromatic rings. The molecule has 1 N–H and O–H groups in total. The highest BCUT2D eigenvalue weighted by molar-refractivity contribution is 7.88. The number of sulfonamides is 1. The molecule has 0 aliphatic rings. The summed E-state index contributed by atoms with van der Waals surface area (Å²) in [6, 6.07) is 8.58. The lowest BCUT2D eigenvalue weighted by Gasteiger charge is -2.29. The van der Waals surface area contributed by atoms with Crippen LogP contribution in [0.1, 0.15) is 37.8 Å². The Labute approximate surface area is 126 Å². The summed E-state index contributed by atoms with van der Waals surface area (Å²) in [5.74, 6) is -0.215. The van der Waals surface area contributed by atoms with E-state index in [4.69, 9.17) is 10.4 Å². The second-order valence-electron chi connectivity index (χ2n) is 4.83. The first kappa shape index (κ1) is 17.6. The Kier molecular flexibility index (Phi) is 6.82. The molecule has 0 heterocycles. The molecule has 0 amide bonds. The standard InChI is InChI=1S/C15H22N2O3S/c1-3-15(4-2)17(9-10-18)21(19,20)12-14-8-6-5-7-13(14)11-16/h5-8,15,18H,3-4,9-10,12H2,1-2H3. The van der Waals surface area contributed by atoms with Crippen LogP contribution in [0.25, 0.3) is 0 Å². The Bertz CT molecular complexity index is 589. The number of rotatable bonds is 8. The lowest BCUT2D eigenvalue weighted by atomic mass is 10.1. The van der Waals surface area contributed by atoms with E-state index in [1.54, 1.807) is 24.3 Å². The fourth-order valence-electron chi connectivity index (χ4n) is 2.38. The first-order chi connectivity index (χ1) is 10.00. The minimum Gasteiger partial charge on any atom is -0.395 e. The van der Waals surface area contributed by atoms with Crippen molar-refractivity contribution < 1.29 is 13.5 Å². The predicted octanol–water partition coefficient (Wildman–Crippen LogP) is 1.87. The van der Waals surface area contributed by atoms with E-state index in [1.807, 2.05) is 19.9 Å². The SMILES string of the molecule is CCC(CC)N(CCO)S(=O)(=O)Cc1ccccc1C#N. The molecule has 0 saturated carbocycles. The van der Waals surface area contributed by atoms with Gasteiger partial charge in [-0.1, -0.05) is 32.0 Å². The van der Waals surface area contributed by atoms with Crippen LogP contribution in [0.15, 0.2) is 24.3 Å². The van der Waals surface area contributed by atoms with Crippen LogP contribution in [0.2, 0.25) is 0 Å². The third kappa shape index (κ3) is 4.53. The Morgan fingerprint density at radius 1 is 1.29 bits per heavy atom. The van der Waals surface area contributed by atoms with E-state index in [2.05, 4.69) is 0 Å². The van der Waals surface area contributed by atoms with Crippen molar-refractivity contribution in [2.75, 3.05) is 13.2 Å². The summed E-state index contributed by atoms with van der Waals surface area (Å²) in [5, 5.41) is 18.2. The molecular weight excluding hydrogens is 288 g/mol. The van der Waals surface area contributed by atoms with Crippen molar-refractivity contribution >= 4 is 10.0 Å². The average Bonchev–Trinajstić information content (AvgIpc) is 2.47. The van der Waals surface area contributed by atoms with E-state index in [0.29, 0.717) is 24.0 Å². The second-order valence-corrected chi connectivity index (χ2v) is 6.75. The summed E-state index contributed by atoms with van der Waals surface area (Å²) in [4.78, 5) is 0.